The van der Waals surface area contributed by atoms with E-state index in [2.05, 4.69) is 30.5 Å². The van der Waals surface area contributed by atoms with Crippen molar-refractivity contribution in [2.45, 2.75) is 42.8 Å². The number of amides is 1. The summed E-state index contributed by atoms with van der Waals surface area (Å²) in [5, 5.41) is 1.80. The van der Waals surface area contributed by atoms with Crippen LogP contribution in [0.2, 0.25) is 0 Å². The summed E-state index contributed by atoms with van der Waals surface area (Å²) in [4.78, 5) is 39.3. The number of nitrogen functional groups attached to an aromatic ring is 1. The number of fused-ring (bicyclic) bond motifs is 2. The van der Waals surface area contributed by atoms with Gasteiger partial charge in [-0.2, -0.15) is 0 Å². The number of hydrogen-bond acceptors (Lipinski definition) is 9. The Labute approximate surface area is 219 Å². The number of carbonyl (C=O) groups excluding carboxylic acids is 2. The number of imidazole rings is 1. The van der Waals surface area contributed by atoms with Crippen molar-refractivity contribution in [3.8, 4) is 0 Å². The molecule has 0 radical (unpaired) electrons. The van der Waals surface area contributed by atoms with Crippen LogP contribution in [0, 0.1) is 5.92 Å². The first-order chi connectivity index (χ1) is 17.4. The highest BCUT2D eigenvalue weighted by Gasteiger charge is 2.24. The molecule has 1 aliphatic rings. The number of halogens is 1. The molecule has 1 aromatic carbocycles. The zero-order chi connectivity index (χ0) is 25.2. The first-order valence-corrected chi connectivity index (χ1v) is 13.2. The number of benzene rings is 1. The van der Waals surface area contributed by atoms with Crippen LogP contribution in [-0.4, -0.2) is 56.0 Å². The molecule has 188 valence electrons. The van der Waals surface area contributed by atoms with E-state index in [0.29, 0.717) is 42.5 Å². The Morgan fingerprint density at radius 1 is 1.28 bits per heavy atom. The lowest BCUT2D eigenvalue weighted by molar-refractivity contribution is -0.150. The zero-order valence-electron chi connectivity index (χ0n) is 19.6. The Bertz CT molecular complexity index is 1430. The van der Waals surface area contributed by atoms with Gasteiger partial charge in [-0.25, -0.2) is 15.0 Å². The van der Waals surface area contributed by atoms with Crippen LogP contribution >= 0.6 is 27.7 Å². The Morgan fingerprint density at radius 3 is 2.86 bits per heavy atom. The fourth-order valence-electron chi connectivity index (χ4n) is 4.39. The number of rotatable bonds is 7. The summed E-state index contributed by atoms with van der Waals surface area (Å²) >= 11 is 5.19. The molecule has 4 aromatic rings. The zero-order valence-corrected chi connectivity index (χ0v) is 22.0. The van der Waals surface area contributed by atoms with Crippen molar-refractivity contribution in [3.05, 3.63) is 35.3 Å². The van der Waals surface area contributed by atoms with E-state index in [0.717, 1.165) is 44.8 Å². The number of nitrogens with two attached hydrogens (primary N) is 1. The summed E-state index contributed by atoms with van der Waals surface area (Å²) in [6.07, 6.45) is 5.82. The van der Waals surface area contributed by atoms with Crippen molar-refractivity contribution in [1.82, 2.24) is 24.4 Å². The highest BCUT2D eigenvalue weighted by atomic mass is 79.9. The maximum atomic E-state index is 12.2. The van der Waals surface area contributed by atoms with Crippen LogP contribution in [0.1, 0.15) is 26.2 Å². The molecule has 0 aliphatic carbocycles. The second-order valence-corrected chi connectivity index (χ2v) is 10.6. The Balaban J connectivity index is 1.31. The number of esters is 1. The molecule has 0 spiro atoms. The van der Waals surface area contributed by atoms with Crippen molar-refractivity contribution >= 4 is 67.5 Å². The molecule has 0 unspecified atom stereocenters. The molecule has 4 heterocycles. The number of nitrogens with zero attached hydrogens (tertiary/aromatic N) is 5. The SMILES string of the molecule is CC(=O)OCC(=O)N1CCC(CCn2c(Sc3cc4occc4cc3Br)nc3c(N)ncnc32)CC1. The van der Waals surface area contributed by atoms with E-state index >= 15 is 0 Å². The monoisotopic (exact) mass is 572 g/mol. The van der Waals surface area contributed by atoms with Gasteiger partial charge in [0.25, 0.3) is 5.91 Å². The van der Waals surface area contributed by atoms with Gasteiger partial charge >= 0.3 is 5.97 Å². The molecule has 5 rings (SSSR count). The topological polar surface area (TPSA) is 129 Å². The predicted octanol–water partition coefficient (Wildman–Crippen LogP) is 4.26. The van der Waals surface area contributed by atoms with E-state index in [4.69, 9.17) is 19.9 Å². The molecule has 0 bridgehead atoms. The number of anilines is 1. The number of piperidine rings is 1. The number of ether oxygens (including phenoxy) is 1. The normalized spacial score (nSPS) is 14.6. The summed E-state index contributed by atoms with van der Waals surface area (Å²) in [6.45, 7) is 3.13. The highest BCUT2D eigenvalue weighted by molar-refractivity contribution is 9.10. The van der Waals surface area contributed by atoms with E-state index in [1.165, 1.54) is 25.0 Å². The summed E-state index contributed by atoms with van der Waals surface area (Å²) in [6, 6.07) is 5.94. The number of aryl methyl sites for hydroxylation is 1. The molecule has 36 heavy (non-hydrogen) atoms. The van der Waals surface area contributed by atoms with Crippen LogP contribution in [0.3, 0.4) is 0 Å². The molecule has 1 fully saturated rings. The van der Waals surface area contributed by atoms with Gasteiger partial charge in [0.15, 0.2) is 28.7 Å². The van der Waals surface area contributed by atoms with E-state index in [1.54, 1.807) is 11.2 Å². The van der Waals surface area contributed by atoms with Crippen LogP contribution in [0.25, 0.3) is 22.1 Å². The van der Waals surface area contributed by atoms with Crippen molar-refractivity contribution in [1.29, 1.82) is 0 Å². The van der Waals surface area contributed by atoms with Gasteiger partial charge in [0.2, 0.25) is 0 Å². The fourth-order valence-corrected chi connectivity index (χ4v) is 5.94. The van der Waals surface area contributed by atoms with Crippen molar-refractivity contribution < 1.29 is 18.7 Å². The van der Waals surface area contributed by atoms with Crippen molar-refractivity contribution in [3.63, 3.8) is 0 Å². The predicted molar refractivity (Wildman–Crippen MR) is 138 cm³/mol. The number of furan rings is 1. The lowest BCUT2D eigenvalue weighted by Crippen LogP contribution is -2.40. The average molecular weight is 573 g/mol. The number of aromatic nitrogens is 4. The summed E-state index contributed by atoms with van der Waals surface area (Å²) in [5.74, 6) is 0.207. The number of carbonyl (C=O) groups is 2. The van der Waals surface area contributed by atoms with Gasteiger partial charge in [0, 0.05) is 41.3 Å². The molecule has 1 amide bonds. The smallest absolute Gasteiger partial charge is 0.303 e. The minimum atomic E-state index is -0.444. The van der Waals surface area contributed by atoms with E-state index < -0.39 is 5.97 Å². The van der Waals surface area contributed by atoms with E-state index in [-0.39, 0.29) is 12.5 Å². The Morgan fingerprint density at radius 2 is 2.08 bits per heavy atom. The third-order valence-electron chi connectivity index (χ3n) is 6.36. The van der Waals surface area contributed by atoms with Crippen LogP contribution in [0.4, 0.5) is 5.82 Å². The third kappa shape index (κ3) is 5.19. The van der Waals surface area contributed by atoms with Gasteiger partial charge in [-0.15, -0.1) is 0 Å². The maximum Gasteiger partial charge on any atom is 0.303 e. The number of hydrogen-bond donors (Lipinski definition) is 1. The summed E-state index contributed by atoms with van der Waals surface area (Å²) in [5.41, 5.74) is 8.21. The molecular formula is C24H25BrN6O4S. The summed E-state index contributed by atoms with van der Waals surface area (Å²) < 4.78 is 13.5. The van der Waals surface area contributed by atoms with Crippen LogP contribution in [0.5, 0.6) is 0 Å². The minimum absolute atomic E-state index is 0.144. The first-order valence-electron chi connectivity index (χ1n) is 11.6. The molecule has 0 atom stereocenters. The molecule has 12 heteroatoms. The highest BCUT2D eigenvalue weighted by Crippen LogP contribution is 2.38. The molecule has 0 saturated carbocycles. The number of likely N-dealkylation sites (tertiary alicyclic amines) is 1. The molecule has 2 N–H and O–H groups in total. The minimum Gasteiger partial charge on any atom is -0.464 e. The molecule has 1 aliphatic heterocycles. The van der Waals surface area contributed by atoms with Gasteiger partial charge < -0.3 is 24.4 Å². The lowest BCUT2D eigenvalue weighted by Gasteiger charge is -2.32. The van der Waals surface area contributed by atoms with Crippen LogP contribution in [-0.2, 0) is 20.9 Å². The lowest BCUT2D eigenvalue weighted by atomic mass is 9.93. The second-order valence-electron chi connectivity index (χ2n) is 8.71. The van der Waals surface area contributed by atoms with Gasteiger partial charge in [0.05, 0.1) is 6.26 Å². The van der Waals surface area contributed by atoms with Crippen LogP contribution < -0.4 is 5.73 Å². The van der Waals surface area contributed by atoms with E-state index in [1.807, 2.05) is 18.2 Å². The Hall–Kier alpha value is -3.12. The molecular weight excluding hydrogens is 548 g/mol. The van der Waals surface area contributed by atoms with Crippen LogP contribution in [0.15, 0.2) is 49.7 Å². The van der Waals surface area contributed by atoms with Gasteiger partial charge in [0.1, 0.15) is 11.9 Å². The summed E-state index contributed by atoms with van der Waals surface area (Å²) in [7, 11) is 0. The standard InChI is InChI=1S/C24H25BrN6O4S/c1-14(32)35-12-20(33)30-6-2-15(3-7-30)4-8-31-23-21(22(26)27-13-28-23)29-24(31)36-19-11-18-16(5-9-34-18)10-17(19)25/h5,9-11,13,15H,2-4,6-8,12H2,1H3,(H2,26,27,28). The van der Waals surface area contributed by atoms with Gasteiger partial charge in [-0.05, 0) is 59.3 Å². The van der Waals surface area contributed by atoms with Gasteiger partial charge in [-0.3, -0.25) is 9.59 Å². The quantitative estimate of drug-likeness (QED) is 0.323. The van der Waals surface area contributed by atoms with Gasteiger partial charge in [-0.1, -0.05) is 11.8 Å². The Kier molecular flexibility index (Phi) is 7.15. The second kappa shape index (κ2) is 10.5. The first kappa shape index (κ1) is 24.6. The molecule has 3 aromatic heterocycles. The maximum absolute atomic E-state index is 12.2. The van der Waals surface area contributed by atoms with Crippen molar-refractivity contribution in [2.24, 2.45) is 5.92 Å². The third-order valence-corrected chi connectivity index (χ3v) is 8.33. The average Bonchev–Trinajstić information content (AvgIpc) is 3.46. The fraction of sp³-hybridized carbons (Fsp3) is 0.375. The van der Waals surface area contributed by atoms with Crippen molar-refractivity contribution in [2.75, 3.05) is 25.4 Å². The largest absolute Gasteiger partial charge is 0.464 e. The van der Waals surface area contributed by atoms with E-state index in [9.17, 15) is 9.59 Å². The molecule has 1 saturated heterocycles. The molecule has 10 nitrogen and oxygen atoms in total.